The Kier molecular flexibility index (Phi) is 5.32. The second-order valence-electron chi connectivity index (χ2n) is 7.73. The summed E-state index contributed by atoms with van der Waals surface area (Å²) in [6, 6.07) is 7.01. The van der Waals surface area contributed by atoms with E-state index in [1.54, 1.807) is 0 Å². The van der Waals surface area contributed by atoms with Crippen LogP contribution in [0.15, 0.2) is 18.2 Å². The Morgan fingerprint density at radius 3 is 2.71 bits per heavy atom. The van der Waals surface area contributed by atoms with Crippen LogP contribution < -0.4 is 10.1 Å². The predicted octanol–water partition coefficient (Wildman–Crippen LogP) is 4.73. The van der Waals surface area contributed by atoms with E-state index < -0.39 is 0 Å². The zero-order chi connectivity index (χ0) is 15.5. The van der Waals surface area contributed by atoms with Gasteiger partial charge in [-0.2, -0.15) is 0 Å². The summed E-state index contributed by atoms with van der Waals surface area (Å²) in [4.78, 5) is 0. The molecule has 0 saturated heterocycles. The van der Waals surface area contributed by atoms with Gasteiger partial charge in [0.25, 0.3) is 0 Å². The number of ether oxygens (including phenoxy) is 1. The van der Waals surface area contributed by atoms with Gasteiger partial charge in [-0.25, -0.2) is 0 Å². The van der Waals surface area contributed by atoms with Crippen molar-refractivity contribution in [1.82, 2.24) is 5.32 Å². The van der Waals surface area contributed by atoms with Crippen LogP contribution in [0.4, 0.5) is 0 Å². The third kappa shape index (κ3) is 4.47. The molecule has 1 aromatic rings. The largest absolute Gasteiger partial charge is 0.493 e. The number of hydrogen-bond donors (Lipinski definition) is 1. The van der Waals surface area contributed by atoms with E-state index in [9.17, 15) is 0 Å². The number of para-hydroxylation sites is 1. The molecule has 0 amide bonds. The minimum absolute atomic E-state index is 0.385. The quantitative estimate of drug-likeness (QED) is 0.845. The molecular weight excluding hydrogens is 258 g/mol. The number of fused-ring (bicyclic) bond motifs is 1. The van der Waals surface area contributed by atoms with Gasteiger partial charge >= 0.3 is 0 Å². The molecule has 2 unspecified atom stereocenters. The average Bonchev–Trinajstić information content (AvgIpc) is 2.42. The number of nitrogens with one attached hydrogen (secondary N) is 1. The van der Waals surface area contributed by atoms with Crippen molar-refractivity contribution >= 4 is 0 Å². The second-order valence-corrected chi connectivity index (χ2v) is 7.73. The van der Waals surface area contributed by atoms with E-state index in [4.69, 9.17) is 4.74 Å². The van der Waals surface area contributed by atoms with Gasteiger partial charge in [0, 0.05) is 11.6 Å². The Labute approximate surface area is 130 Å². The van der Waals surface area contributed by atoms with E-state index >= 15 is 0 Å². The first kappa shape index (κ1) is 16.4. The molecule has 0 saturated carbocycles. The third-order valence-corrected chi connectivity index (χ3v) is 4.29. The summed E-state index contributed by atoms with van der Waals surface area (Å²) >= 11 is 0. The highest BCUT2D eigenvalue weighted by Gasteiger charge is 2.23. The van der Waals surface area contributed by atoms with Crippen molar-refractivity contribution in [1.29, 1.82) is 0 Å². The van der Waals surface area contributed by atoms with Crippen LogP contribution in [0.1, 0.15) is 64.1 Å². The Morgan fingerprint density at radius 1 is 1.29 bits per heavy atom. The SMILES string of the molecule is CNC(CC(C)CC(C)(C)C)c1cccc2c1OCCC2. The molecule has 0 spiro atoms. The van der Waals surface area contributed by atoms with E-state index in [-0.39, 0.29) is 0 Å². The topological polar surface area (TPSA) is 21.3 Å². The number of aryl methyl sites for hydroxylation is 1. The van der Waals surface area contributed by atoms with Gasteiger partial charge in [0.1, 0.15) is 5.75 Å². The van der Waals surface area contributed by atoms with E-state index in [0.717, 1.165) is 31.6 Å². The lowest BCUT2D eigenvalue weighted by Crippen LogP contribution is -2.23. The molecule has 1 N–H and O–H groups in total. The maximum absolute atomic E-state index is 5.98. The molecular formula is C19H31NO. The highest BCUT2D eigenvalue weighted by molar-refractivity contribution is 5.44. The van der Waals surface area contributed by atoms with Crippen LogP contribution >= 0.6 is 0 Å². The molecule has 2 rings (SSSR count). The molecule has 2 heteroatoms. The minimum atomic E-state index is 0.385. The summed E-state index contributed by atoms with van der Waals surface area (Å²) in [5.74, 6) is 1.84. The molecule has 0 radical (unpaired) electrons. The van der Waals surface area contributed by atoms with Gasteiger partial charge in [-0.3, -0.25) is 0 Å². The standard InChI is InChI=1S/C19H31NO/c1-14(13-19(2,3)4)12-17(20-5)16-10-6-8-15-9-7-11-21-18(15)16/h6,8,10,14,17,20H,7,9,11-13H2,1-5H3. The summed E-state index contributed by atoms with van der Waals surface area (Å²) in [5, 5.41) is 3.51. The fraction of sp³-hybridized carbons (Fsp3) is 0.684. The highest BCUT2D eigenvalue weighted by atomic mass is 16.5. The van der Waals surface area contributed by atoms with E-state index in [1.165, 1.54) is 17.5 Å². The lowest BCUT2D eigenvalue weighted by Gasteiger charge is -2.29. The summed E-state index contributed by atoms with van der Waals surface area (Å²) < 4.78 is 5.98. The molecule has 2 nitrogen and oxygen atoms in total. The van der Waals surface area contributed by atoms with E-state index in [0.29, 0.717) is 17.4 Å². The third-order valence-electron chi connectivity index (χ3n) is 4.29. The van der Waals surface area contributed by atoms with Crippen molar-refractivity contribution in [3.63, 3.8) is 0 Å². The van der Waals surface area contributed by atoms with Gasteiger partial charge < -0.3 is 10.1 Å². The molecule has 1 aromatic carbocycles. The molecule has 0 fully saturated rings. The van der Waals surface area contributed by atoms with Gasteiger partial charge in [0.15, 0.2) is 0 Å². The van der Waals surface area contributed by atoms with E-state index in [1.807, 2.05) is 0 Å². The normalized spacial score (nSPS) is 17.8. The molecule has 2 atom stereocenters. The molecule has 0 aliphatic carbocycles. The first-order valence-electron chi connectivity index (χ1n) is 8.32. The monoisotopic (exact) mass is 289 g/mol. The van der Waals surface area contributed by atoms with Crippen molar-refractivity contribution in [2.24, 2.45) is 11.3 Å². The van der Waals surface area contributed by atoms with E-state index in [2.05, 4.69) is 58.3 Å². The zero-order valence-corrected chi connectivity index (χ0v) is 14.3. The van der Waals surface area contributed by atoms with Crippen LogP contribution in [0.5, 0.6) is 5.75 Å². The smallest absolute Gasteiger partial charge is 0.127 e. The van der Waals surface area contributed by atoms with Crippen LogP contribution in [-0.2, 0) is 6.42 Å². The summed E-state index contributed by atoms with van der Waals surface area (Å²) in [6.45, 7) is 10.2. The molecule has 0 aromatic heterocycles. The number of rotatable bonds is 5. The summed E-state index contributed by atoms with van der Waals surface area (Å²) in [5.41, 5.74) is 3.11. The fourth-order valence-electron chi connectivity index (χ4n) is 3.62. The van der Waals surface area contributed by atoms with Gasteiger partial charge in [-0.05, 0) is 49.6 Å². The van der Waals surface area contributed by atoms with Crippen molar-refractivity contribution in [3.05, 3.63) is 29.3 Å². The zero-order valence-electron chi connectivity index (χ0n) is 14.3. The predicted molar refractivity (Wildman–Crippen MR) is 89.9 cm³/mol. The fourth-order valence-corrected chi connectivity index (χ4v) is 3.62. The molecule has 118 valence electrons. The average molecular weight is 289 g/mol. The lowest BCUT2D eigenvalue weighted by atomic mass is 9.81. The second kappa shape index (κ2) is 6.83. The van der Waals surface area contributed by atoms with Gasteiger partial charge in [-0.1, -0.05) is 45.9 Å². The maximum Gasteiger partial charge on any atom is 0.127 e. The van der Waals surface area contributed by atoms with Crippen molar-refractivity contribution in [2.45, 2.75) is 59.4 Å². The maximum atomic E-state index is 5.98. The van der Waals surface area contributed by atoms with Crippen LogP contribution in [0.2, 0.25) is 0 Å². The van der Waals surface area contributed by atoms with Crippen LogP contribution in [0.25, 0.3) is 0 Å². The Balaban J connectivity index is 2.14. The van der Waals surface area contributed by atoms with Crippen LogP contribution in [0, 0.1) is 11.3 Å². The lowest BCUT2D eigenvalue weighted by molar-refractivity contribution is 0.265. The molecule has 1 heterocycles. The molecule has 1 aliphatic rings. The Morgan fingerprint density at radius 2 is 2.05 bits per heavy atom. The Hall–Kier alpha value is -1.02. The van der Waals surface area contributed by atoms with Crippen LogP contribution in [0.3, 0.4) is 0 Å². The highest BCUT2D eigenvalue weighted by Crippen LogP contribution is 2.37. The summed E-state index contributed by atoms with van der Waals surface area (Å²) in [6.07, 6.45) is 4.70. The van der Waals surface area contributed by atoms with Crippen LogP contribution in [-0.4, -0.2) is 13.7 Å². The molecule has 21 heavy (non-hydrogen) atoms. The number of benzene rings is 1. The molecule has 1 aliphatic heterocycles. The van der Waals surface area contributed by atoms with Gasteiger partial charge in [0.2, 0.25) is 0 Å². The number of hydrogen-bond acceptors (Lipinski definition) is 2. The molecule has 0 bridgehead atoms. The van der Waals surface area contributed by atoms with Crippen molar-refractivity contribution in [2.75, 3.05) is 13.7 Å². The summed E-state index contributed by atoms with van der Waals surface area (Å²) in [7, 11) is 2.07. The first-order chi connectivity index (χ1) is 9.90. The van der Waals surface area contributed by atoms with Gasteiger partial charge in [0.05, 0.1) is 6.61 Å². The van der Waals surface area contributed by atoms with Crippen molar-refractivity contribution < 1.29 is 4.74 Å². The van der Waals surface area contributed by atoms with Gasteiger partial charge in [-0.15, -0.1) is 0 Å². The van der Waals surface area contributed by atoms with Crippen molar-refractivity contribution in [3.8, 4) is 5.75 Å². The minimum Gasteiger partial charge on any atom is -0.493 e. The first-order valence-corrected chi connectivity index (χ1v) is 8.32. The Bertz CT molecular complexity index is 461.